The number of alkyl carbamates (subject to hydrolysis) is 1. The molecule has 0 aromatic rings. The van der Waals surface area contributed by atoms with E-state index in [0.717, 1.165) is 0 Å². The van der Waals surface area contributed by atoms with Crippen LogP contribution >= 0.6 is 0 Å². The van der Waals surface area contributed by atoms with Gasteiger partial charge in [-0.25, -0.2) is 9.18 Å². The van der Waals surface area contributed by atoms with Crippen LogP contribution in [-0.2, 0) is 4.74 Å². The predicted octanol–water partition coefficient (Wildman–Crippen LogP) is 1.37. The molecule has 0 aromatic heterocycles. The maximum absolute atomic E-state index is 12.7. The summed E-state index contributed by atoms with van der Waals surface area (Å²) in [7, 11) is 0. The van der Waals surface area contributed by atoms with Gasteiger partial charge in [-0.2, -0.15) is 0 Å². The SMILES string of the molecule is CC(C)(C)OC(=O)NC1(CF)CC(O)C1. The first-order chi connectivity index (χ1) is 6.76. The third-order valence-corrected chi connectivity index (χ3v) is 2.27. The molecule has 5 heteroatoms. The highest BCUT2D eigenvalue weighted by Gasteiger charge is 2.45. The summed E-state index contributed by atoms with van der Waals surface area (Å²) in [6.07, 6.45) is -0.645. The van der Waals surface area contributed by atoms with E-state index < -0.39 is 30.0 Å². The fraction of sp³-hybridized carbons (Fsp3) is 0.900. The van der Waals surface area contributed by atoms with Crippen molar-refractivity contribution in [3.05, 3.63) is 0 Å². The van der Waals surface area contributed by atoms with Crippen LogP contribution in [0, 0.1) is 0 Å². The molecule has 1 aliphatic carbocycles. The summed E-state index contributed by atoms with van der Waals surface area (Å²) < 4.78 is 17.7. The zero-order valence-electron chi connectivity index (χ0n) is 9.34. The maximum Gasteiger partial charge on any atom is 0.408 e. The number of hydrogen-bond acceptors (Lipinski definition) is 3. The summed E-state index contributed by atoms with van der Waals surface area (Å²) in [5.74, 6) is 0. The summed E-state index contributed by atoms with van der Waals surface area (Å²) in [6.45, 7) is 4.54. The van der Waals surface area contributed by atoms with Gasteiger partial charge in [0.2, 0.25) is 0 Å². The van der Waals surface area contributed by atoms with Crippen molar-refractivity contribution in [3.63, 3.8) is 0 Å². The third kappa shape index (κ3) is 3.34. The molecule has 0 unspecified atom stereocenters. The Morgan fingerprint density at radius 1 is 1.60 bits per heavy atom. The normalized spacial score (nSPS) is 30.6. The fourth-order valence-electron chi connectivity index (χ4n) is 1.61. The predicted molar refractivity (Wildman–Crippen MR) is 53.3 cm³/mol. The minimum atomic E-state index is -0.915. The summed E-state index contributed by atoms with van der Waals surface area (Å²) in [4.78, 5) is 11.4. The van der Waals surface area contributed by atoms with E-state index in [9.17, 15) is 9.18 Å². The fourth-order valence-corrected chi connectivity index (χ4v) is 1.61. The minimum Gasteiger partial charge on any atom is -0.444 e. The number of hydrogen-bond donors (Lipinski definition) is 2. The molecule has 15 heavy (non-hydrogen) atoms. The average Bonchev–Trinajstić information content (AvgIpc) is 1.97. The van der Waals surface area contributed by atoms with Crippen LogP contribution in [0.5, 0.6) is 0 Å². The van der Waals surface area contributed by atoms with E-state index in [4.69, 9.17) is 9.84 Å². The van der Waals surface area contributed by atoms with Crippen LogP contribution in [0.2, 0.25) is 0 Å². The number of rotatable bonds is 2. The number of ether oxygens (including phenoxy) is 1. The molecule has 0 spiro atoms. The van der Waals surface area contributed by atoms with E-state index >= 15 is 0 Å². The molecular weight excluding hydrogens is 201 g/mol. The molecule has 1 rings (SSSR count). The molecule has 1 aliphatic rings. The van der Waals surface area contributed by atoms with Gasteiger partial charge in [0.05, 0.1) is 11.6 Å². The molecule has 0 radical (unpaired) electrons. The minimum absolute atomic E-state index is 0.253. The van der Waals surface area contributed by atoms with Crippen molar-refractivity contribution in [2.24, 2.45) is 0 Å². The highest BCUT2D eigenvalue weighted by atomic mass is 19.1. The Balaban J connectivity index is 2.44. The number of carbonyl (C=O) groups is 1. The van der Waals surface area contributed by atoms with Crippen molar-refractivity contribution in [1.82, 2.24) is 5.32 Å². The van der Waals surface area contributed by atoms with Gasteiger partial charge in [-0.1, -0.05) is 0 Å². The Morgan fingerprint density at radius 2 is 2.13 bits per heavy atom. The second-order valence-electron chi connectivity index (χ2n) is 5.10. The lowest BCUT2D eigenvalue weighted by molar-refractivity contribution is -0.0200. The van der Waals surface area contributed by atoms with Crippen LogP contribution in [-0.4, -0.2) is 35.1 Å². The van der Waals surface area contributed by atoms with Crippen molar-refractivity contribution >= 4 is 6.09 Å². The highest BCUT2D eigenvalue weighted by molar-refractivity contribution is 5.69. The second kappa shape index (κ2) is 3.96. The molecule has 0 aliphatic heterocycles. The van der Waals surface area contributed by atoms with Crippen molar-refractivity contribution in [3.8, 4) is 0 Å². The third-order valence-electron chi connectivity index (χ3n) is 2.27. The first-order valence-corrected chi connectivity index (χ1v) is 5.01. The van der Waals surface area contributed by atoms with E-state index in [1.165, 1.54) is 0 Å². The lowest BCUT2D eigenvalue weighted by Gasteiger charge is -2.43. The number of carbonyl (C=O) groups excluding carboxylic acids is 1. The lowest BCUT2D eigenvalue weighted by atomic mass is 9.75. The maximum atomic E-state index is 12.7. The standard InChI is InChI=1S/C10H18FNO3/c1-9(2,3)15-8(14)12-10(6-11)4-7(13)5-10/h7,13H,4-6H2,1-3H3,(H,12,14). The zero-order chi connectivity index (χ0) is 11.7. The molecule has 88 valence electrons. The van der Waals surface area contributed by atoms with Gasteiger partial charge < -0.3 is 15.2 Å². The Morgan fingerprint density at radius 3 is 2.47 bits per heavy atom. The topological polar surface area (TPSA) is 58.6 Å². The summed E-state index contributed by atoms with van der Waals surface area (Å²) in [5.41, 5.74) is -1.51. The summed E-state index contributed by atoms with van der Waals surface area (Å²) in [5, 5.41) is 11.6. The zero-order valence-corrected chi connectivity index (χ0v) is 9.34. The highest BCUT2D eigenvalue weighted by Crippen LogP contribution is 2.33. The second-order valence-corrected chi connectivity index (χ2v) is 5.10. The van der Waals surface area contributed by atoms with Crippen molar-refractivity contribution in [1.29, 1.82) is 0 Å². The molecule has 0 atom stereocenters. The van der Waals surface area contributed by atoms with E-state index in [2.05, 4.69) is 5.32 Å². The van der Waals surface area contributed by atoms with Crippen LogP contribution in [0.15, 0.2) is 0 Å². The quantitative estimate of drug-likeness (QED) is 0.737. The summed E-state index contributed by atoms with van der Waals surface area (Å²) in [6, 6.07) is 0. The van der Waals surface area contributed by atoms with Crippen LogP contribution in [0.4, 0.5) is 9.18 Å². The molecule has 0 heterocycles. The largest absolute Gasteiger partial charge is 0.444 e. The van der Waals surface area contributed by atoms with E-state index in [0.29, 0.717) is 0 Å². The number of alkyl halides is 1. The van der Waals surface area contributed by atoms with Gasteiger partial charge >= 0.3 is 6.09 Å². The van der Waals surface area contributed by atoms with Crippen LogP contribution < -0.4 is 5.32 Å². The van der Waals surface area contributed by atoms with Crippen molar-refractivity contribution in [2.75, 3.05) is 6.67 Å². The van der Waals surface area contributed by atoms with E-state index in [1.807, 2.05) is 0 Å². The van der Waals surface area contributed by atoms with Gasteiger partial charge in [0.25, 0.3) is 0 Å². The van der Waals surface area contributed by atoms with Gasteiger partial charge in [0, 0.05) is 0 Å². The Hall–Kier alpha value is -0.840. The molecule has 4 nitrogen and oxygen atoms in total. The van der Waals surface area contributed by atoms with Crippen LogP contribution in [0.25, 0.3) is 0 Å². The molecule has 1 amide bonds. The van der Waals surface area contributed by atoms with Crippen LogP contribution in [0.1, 0.15) is 33.6 Å². The molecular formula is C10H18FNO3. The number of nitrogens with one attached hydrogen (secondary N) is 1. The first kappa shape index (κ1) is 12.2. The molecule has 0 saturated heterocycles. The molecule has 0 aromatic carbocycles. The number of aliphatic hydroxyl groups is 1. The molecule has 0 bridgehead atoms. The van der Waals surface area contributed by atoms with Gasteiger partial charge in [-0.3, -0.25) is 0 Å². The van der Waals surface area contributed by atoms with Gasteiger partial charge in [0.15, 0.2) is 0 Å². The van der Waals surface area contributed by atoms with Crippen LogP contribution in [0.3, 0.4) is 0 Å². The summed E-state index contributed by atoms with van der Waals surface area (Å²) >= 11 is 0. The first-order valence-electron chi connectivity index (χ1n) is 5.01. The smallest absolute Gasteiger partial charge is 0.408 e. The van der Waals surface area contributed by atoms with E-state index in [-0.39, 0.29) is 12.8 Å². The van der Waals surface area contributed by atoms with E-state index in [1.54, 1.807) is 20.8 Å². The van der Waals surface area contributed by atoms with Crippen molar-refractivity contribution < 1.29 is 19.0 Å². The Kier molecular flexibility index (Phi) is 3.23. The number of aliphatic hydroxyl groups excluding tert-OH is 1. The van der Waals surface area contributed by atoms with Gasteiger partial charge in [0.1, 0.15) is 12.3 Å². The Bertz CT molecular complexity index is 244. The monoisotopic (exact) mass is 219 g/mol. The van der Waals surface area contributed by atoms with Gasteiger partial charge in [-0.15, -0.1) is 0 Å². The number of halogens is 1. The average molecular weight is 219 g/mol. The molecule has 1 fully saturated rings. The molecule has 2 N–H and O–H groups in total. The number of amides is 1. The molecule has 1 saturated carbocycles. The Labute approximate surface area is 88.8 Å². The lowest BCUT2D eigenvalue weighted by Crippen LogP contribution is -2.61. The van der Waals surface area contributed by atoms with Crippen molar-refractivity contribution in [2.45, 2.75) is 50.9 Å². The van der Waals surface area contributed by atoms with Gasteiger partial charge in [-0.05, 0) is 33.6 Å².